The van der Waals surface area contributed by atoms with Crippen LogP contribution in [0.25, 0.3) is 11.3 Å². The highest BCUT2D eigenvalue weighted by Crippen LogP contribution is 2.39. The molecule has 0 atom stereocenters. The minimum absolute atomic E-state index is 0.0103. The van der Waals surface area contributed by atoms with Crippen molar-refractivity contribution in [3.63, 3.8) is 0 Å². The minimum atomic E-state index is -4.51. The van der Waals surface area contributed by atoms with Crippen LogP contribution >= 0.6 is 0 Å². The van der Waals surface area contributed by atoms with Crippen molar-refractivity contribution in [3.8, 4) is 11.3 Å². The van der Waals surface area contributed by atoms with E-state index in [9.17, 15) is 18.0 Å². The lowest BCUT2D eigenvalue weighted by molar-refractivity contribution is -0.137. The van der Waals surface area contributed by atoms with Crippen molar-refractivity contribution in [3.05, 3.63) is 46.3 Å². The maximum Gasteiger partial charge on any atom is 0.417 e. The van der Waals surface area contributed by atoms with E-state index in [0.29, 0.717) is 5.82 Å². The Morgan fingerprint density at radius 1 is 1.30 bits per heavy atom. The van der Waals surface area contributed by atoms with Crippen molar-refractivity contribution >= 4 is 0 Å². The molecule has 104 valence electrons. The average molecular weight is 281 g/mol. The predicted molar refractivity (Wildman–Crippen MR) is 65.1 cm³/mol. The topological polar surface area (TPSA) is 58.6 Å². The Bertz CT molecular complexity index is 704. The highest BCUT2D eigenvalue weighted by atomic mass is 19.4. The van der Waals surface area contributed by atoms with E-state index in [1.165, 1.54) is 0 Å². The van der Waals surface area contributed by atoms with Crippen molar-refractivity contribution in [1.82, 2.24) is 15.0 Å². The molecule has 1 saturated carbocycles. The molecule has 1 aliphatic carbocycles. The van der Waals surface area contributed by atoms with Crippen LogP contribution < -0.4 is 5.56 Å². The second-order valence-corrected chi connectivity index (χ2v) is 4.71. The van der Waals surface area contributed by atoms with Crippen LogP contribution in [0.5, 0.6) is 0 Å². The molecule has 0 spiro atoms. The number of pyridine rings is 1. The van der Waals surface area contributed by atoms with Gasteiger partial charge in [0.05, 0.1) is 11.3 Å². The summed E-state index contributed by atoms with van der Waals surface area (Å²) >= 11 is 0. The van der Waals surface area contributed by atoms with Crippen LogP contribution in [0, 0.1) is 0 Å². The number of hydrogen-bond donors (Lipinski definition) is 1. The number of nitrogens with one attached hydrogen (secondary N) is 1. The van der Waals surface area contributed by atoms with Gasteiger partial charge in [-0.25, -0.2) is 4.98 Å². The van der Waals surface area contributed by atoms with Gasteiger partial charge in [-0.1, -0.05) is 0 Å². The van der Waals surface area contributed by atoms with E-state index in [0.717, 1.165) is 37.4 Å². The molecule has 0 radical (unpaired) electrons. The van der Waals surface area contributed by atoms with Crippen LogP contribution in [0.4, 0.5) is 13.2 Å². The highest BCUT2D eigenvalue weighted by Gasteiger charge is 2.34. The molecular formula is C13H10F3N3O. The lowest BCUT2D eigenvalue weighted by atomic mass is 10.1. The van der Waals surface area contributed by atoms with Crippen LogP contribution in [0.1, 0.15) is 30.1 Å². The van der Waals surface area contributed by atoms with Gasteiger partial charge < -0.3 is 4.98 Å². The Balaban J connectivity index is 2.16. The first-order chi connectivity index (χ1) is 9.45. The van der Waals surface area contributed by atoms with Gasteiger partial charge in [0.25, 0.3) is 5.56 Å². The van der Waals surface area contributed by atoms with Gasteiger partial charge in [0.15, 0.2) is 0 Å². The first kappa shape index (κ1) is 12.8. The molecule has 1 N–H and O–H groups in total. The molecule has 2 aromatic rings. The van der Waals surface area contributed by atoms with Gasteiger partial charge in [0.2, 0.25) is 0 Å². The van der Waals surface area contributed by atoms with Crippen molar-refractivity contribution in [1.29, 1.82) is 0 Å². The minimum Gasteiger partial charge on any atom is -0.310 e. The zero-order chi connectivity index (χ0) is 14.3. The molecule has 1 aliphatic rings. The van der Waals surface area contributed by atoms with Gasteiger partial charge in [-0.2, -0.15) is 13.2 Å². The molecular weight excluding hydrogens is 271 g/mol. The van der Waals surface area contributed by atoms with Gasteiger partial charge in [0, 0.05) is 29.9 Å². The third-order valence-corrected chi connectivity index (χ3v) is 3.13. The van der Waals surface area contributed by atoms with E-state index in [1.807, 2.05) is 0 Å². The monoisotopic (exact) mass is 281 g/mol. The number of hydrogen-bond acceptors (Lipinski definition) is 3. The summed E-state index contributed by atoms with van der Waals surface area (Å²) in [5, 5.41) is 0. The number of H-pyrrole nitrogens is 1. The summed E-state index contributed by atoms with van der Waals surface area (Å²) in [6.07, 6.45) is -0.567. The third kappa shape index (κ3) is 2.43. The molecule has 1 fully saturated rings. The van der Waals surface area contributed by atoms with Crippen molar-refractivity contribution in [2.24, 2.45) is 0 Å². The fraction of sp³-hybridized carbons (Fsp3) is 0.308. The van der Waals surface area contributed by atoms with E-state index in [4.69, 9.17) is 0 Å². The Morgan fingerprint density at radius 3 is 2.70 bits per heavy atom. The number of nitrogens with zero attached hydrogens (tertiary/aromatic N) is 2. The van der Waals surface area contributed by atoms with Gasteiger partial charge in [-0.05, 0) is 18.9 Å². The predicted octanol–water partition coefficient (Wildman–Crippen LogP) is 2.73. The molecule has 0 bridgehead atoms. The van der Waals surface area contributed by atoms with Gasteiger partial charge in [-0.3, -0.25) is 9.78 Å². The van der Waals surface area contributed by atoms with Gasteiger partial charge in [0.1, 0.15) is 5.82 Å². The molecule has 3 rings (SSSR count). The second kappa shape index (κ2) is 4.43. The number of rotatable bonds is 2. The molecule has 0 aliphatic heterocycles. The zero-order valence-electron chi connectivity index (χ0n) is 10.2. The summed E-state index contributed by atoms with van der Waals surface area (Å²) in [6.45, 7) is 0. The molecule has 0 unspecified atom stereocenters. The second-order valence-electron chi connectivity index (χ2n) is 4.71. The standard InChI is InChI=1S/C13H10F3N3O/c14-13(15,16)9-3-4-17-6-8(9)10-5-11(20)19-12(18-10)7-1-2-7/h3-7H,1-2H2,(H,18,19,20). The van der Waals surface area contributed by atoms with Crippen LogP contribution in [-0.4, -0.2) is 15.0 Å². The van der Waals surface area contributed by atoms with Crippen molar-refractivity contribution in [2.45, 2.75) is 24.9 Å². The first-order valence-electron chi connectivity index (χ1n) is 6.08. The largest absolute Gasteiger partial charge is 0.417 e. The molecule has 2 aromatic heterocycles. The summed E-state index contributed by atoms with van der Waals surface area (Å²) in [5.41, 5.74) is -1.45. The zero-order valence-corrected chi connectivity index (χ0v) is 10.2. The molecule has 20 heavy (non-hydrogen) atoms. The fourth-order valence-corrected chi connectivity index (χ4v) is 2.01. The van der Waals surface area contributed by atoms with Gasteiger partial charge >= 0.3 is 6.18 Å². The quantitative estimate of drug-likeness (QED) is 0.920. The molecule has 7 heteroatoms. The third-order valence-electron chi connectivity index (χ3n) is 3.13. The van der Waals surface area contributed by atoms with E-state index in [2.05, 4.69) is 15.0 Å². The van der Waals surface area contributed by atoms with Gasteiger partial charge in [-0.15, -0.1) is 0 Å². The van der Waals surface area contributed by atoms with Crippen molar-refractivity contribution in [2.75, 3.05) is 0 Å². The number of aromatic amines is 1. The molecule has 4 nitrogen and oxygen atoms in total. The van der Waals surface area contributed by atoms with E-state index in [1.54, 1.807) is 0 Å². The normalized spacial score (nSPS) is 15.3. The summed E-state index contributed by atoms with van der Waals surface area (Å²) in [5.74, 6) is 0.595. The summed E-state index contributed by atoms with van der Waals surface area (Å²) < 4.78 is 38.9. The maximum absolute atomic E-state index is 13.0. The average Bonchev–Trinajstić information content (AvgIpc) is 3.21. The lowest BCUT2D eigenvalue weighted by Crippen LogP contribution is -2.13. The van der Waals surface area contributed by atoms with E-state index >= 15 is 0 Å². The molecule has 2 heterocycles. The summed E-state index contributed by atoms with van der Waals surface area (Å²) in [4.78, 5) is 22.0. The smallest absolute Gasteiger partial charge is 0.310 e. The first-order valence-corrected chi connectivity index (χ1v) is 6.08. The Labute approximate surface area is 111 Å². The summed E-state index contributed by atoms with van der Waals surface area (Å²) in [6, 6.07) is 1.95. The van der Waals surface area contributed by atoms with Crippen LogP contribution in [0.3, 0.4) is 0 Å². The number of aromatic nitrogens is 3. The SMILES string of the molecule is O=c1cc(-c2cnccc2C(F)(F)F)nc(C2CC2)[nH]1. The maximum atomic E-state index is 13.0. The van der Waals surface area contributed by atoms with E-state index in [-0.39, 0.29) is 17.2 Å². The van der Waals surface area contributed by atoms with Crippen LogP contribution in [0.2, 0.25) is 0 Å². The Morgan fingerprint density at radius 2 is 2.05 bits per heavy atom. The van der Waals surface area contributed by atoms with Crippen LogP contribution in [-0.2, 0) is 6.18 Å². The lowest BCUT2D eigenvalue weighted by Gasteiger charge is -2.12. The molecule has 0 amide bonds. The van der Waals surface area contributed by atoms with E-state index < -0.39 is 17.3 Å². The molecule has 0 aromatic carbocycles. The highest BCUT2D eigenvalue weighted by molar-refractivity contribution is 5.63. The fourth-order valence-electron chi connectivity index (χ4n) is 2.01. The Kier molecular flexibility index (Phi) is 2.84. The van der Waals surface area contributed by atoms with Crippen LogP contribution in [0.15, 0.2) is 29.3 Å². The Hall–Kier alpha value is -2.18. The number of alkyl halides is 3. The van der Waals surface area contributed by atoms with Crippen molar-refractivity contribution < 1.29 is 13.2 Å². The molecule has 0 saturated heterocycles. The summed E-state index contributed by atoms with van der Waals surface area (Å²) in [7, 11) is 0. The number of halogens is 3.